The zero-order chi connectivity index (χ0) is 30.9. The molecular weight excluding hydrogens is 557 g/mol. The number of nitrogens with one attached hydrogen (secondary N) is 1. The standard InChI is InChI=1S/C23H24N4O7.C2HF3O2/c24-23(25)26-14-6-8-16-13(10-14)4-7-15-12(2-1-3-18(15)34-22(16)33)5-9-19(28)27-17(21(31)32)11-20(29)30;3-2(4,5)1(6)7/h1-3,6,8,10,17H,4-5,7,9,11H2,(H,27,28)(H,29,30)(H,31,32)(H4,24,25,26);(H,6,7)/t17-;/m0./s1. The Morgan fingerprint density at radius 2 is 1.71 bits per heavy atom. The van der Waals surface area contributed by atoms with Gasteiger partial charge in [-0.1, -0.05) is 12.1 Å². The molecular formula is C25H25F3N4O9. The zero-order valence-corrected chi connectivity index (χ0v) is 21.1. The van der Waals surface area contributed by atoms with Gasteiger partial charge in [-0.05, 0) is 60.2 Å². The predicted molar refractivity (Wildman–Crippen MR) is 135 cm³/mol. The van der Waals surface area contributed by atoms with Crippen molar-refractivity contribution in [2.24, 2.45) is 16.5 Å². The maximum atomic E-state index is 12.7. The molecule has 0 bridgehead atoms. The Morgan fingerprint density at radius 3 is 2.27 bits per heavy atom. The molecule has 8 N–H and O–H groups in total. The highest BCUT2D eigenvalue weighted by Gasteiger charge is 2.38. The van der Waals surface area contributed by atoms with Crippen molar-refractivity contribution in [3.05, 3.63) is 58.7 Å². The van der Waals surface area contributed by atoms with Crippen LogP contribution in [0.2, 0.25) is 0 Å². The van der Waals surface area contributed by atoms with Crippen LogP contribution in [0, 0.1) is 0 Å². The Kier molecular flexibility index (Phi) is 10.8. The van der Waals surface area contributed by atoms with Crippen LogP contribution in [0.15, 0.2) is 41.4 Å². The monoisotopic (exact) mass is 582 g/mol. The van der Waals surface area contributed by atoms with Crippen molar-refractivity contribution in [3.63, 3.8) is 0 Å². The van der Waals surface area contributed by atoms with Crippen LogP contribution in [0.1, 0.15) is 39.9 Å². The molecule has 1 aliphatic rings. The number of rotatable bonds is 8. The zero-order valence-electron chi connectivity index (χ0n) is 21.1. The van der Waals surface area contributed by atoms with Crippen molar-refractivity contribution in [2.45, 2.75) is 44.3 Å². The van der Waals surface area contributed by atoms with E-state index in [1.807, 2.05) is 0 Å². The highest BCUT2D eigenvalue weighted by Crippen LogP contribution is 2.31. The van der Waals surface area contributed by atoms with Gasteiger partial charge in [0, 0.05) is 6.42 Å². The van der Waals surface area contributed by atoms with E-state index in [9.17, 15) is 32.3 Å². The maximum Gasteiger partial charge on any atom is 0.490 e. The van der Waals surface area contributed by atoms with Gasteiger partial charge in [0.1, 0.15) is 11.8 Å². The number of benzene rings is 2. The third-order valence-electron chi connectivity index (χ3n) is 5.52. The Balaban J connectivity index is 0.000000745. The van der Waals surface area contributed by atoms with Crippen molar-refractivity contribution in [2.75, 3.05) is 0 Å². The molecule has 0 radical (unpaired) electrons. The number of amides is 1. The van der Waals surface area contributed by atoms with Gasteiger partial charge in [-0.2, -0.15) is 13.2 Å². The van der Waals surface area contributed by atoms with E-state index in [-0.39, 0.29) is 18.8 Å². The van der Waals surface area contributed by atoms with E-state index in [1.165, 1.54) is 0 Å². The number of halogens is 3. The Labute approximate surface area is 229 Å². The molecule has 13 nitrogen and oxygen atoms in total. The number of aliphatic imine (C=N–C) groups is 1. The molecule has 0 aromatic heterocycles. The maximum absolute atomic E-state index is 12.7. The second kappa shape index (κ2) is 13.8. The highest BCUT2D eigenvalue weighted by molar-refractivity contribution is 5.94. The van der Waals surface area contributed by atoms with E-state index in [2.05, 4.69) is 10.3 Å². The van der Waals surface area contributed by atoms with E-state index in [4.69, 9.17) is 36.3 Å². The summed E-state index contributed by atoms with van der Waals surface area (Å²) in [5.41, 5.74) is 14.0. The molecule has 0 aliphatic carbocycles. The molecule has 2 aromatic rings. The fourth-order valence-corrected chi connectivity index (χ4v) is 3.73. The number of hydrogen-bond donors (Lipinski definition) is 6. The third kappa shape index (κ3) is 9.83. The first-order valence-electron chi connectivity index (χ1n) is 11.7. The number of aryl methyl sites for hydroxylation is 2. The van der Waals surface area contributed by atoms with Crippen LogP contribution >= 0.6 is 0 Å². The van der Waals surface area contributed by atoms with E-state index < -0.39 is 48.4 Å². The lowest BCUT2D eigenvalue weighted by atomic mass is 9.93. The van der Waals surface area contributed by atoms with Crippen molar-refractivity contribution in [3.8, 4) is 5.75 Å². The molecule has 0 saturated carbocycles. The summed E-state index contributed by atoms with van der Waals surface area (Å²) in [5, 5.41) is 27.3. The molecule has 1 aliphatic heterocycles. The topological polar surface area (TPSA) is 232 Å². The first-order valence-corrected chi connectivity index (χ1v) is 11.7. The SMILES string of the molecule is NC(N)=Nc1ccc2c(c1)CCc1c(CCC(=O)N[C@@H](CC(=O)O)C(=O)O)cccc1OC2=O.O=C(O)C(F)(F)F. The number of nitrogens with zero attached hydrogens (tertiary/aromatic N) is 1. The smallest absolute Gasteiger partial charge is 0.481 e. The van der Waals surface area contributed by atoms with Crippen LogP contribution in [0.5, 0.6) is 5.75 Å². The first-order chi connectivity index (χ1) is 19.1. The molecule has 16 heteroatoms. The molecule has 1 atom stereocenters. The number of carboxylic acids is 3. The average molecular weight is 582 g/mol. The van der Waals surface area contributed by atoms with Gasteiger partial charge in [0.25, 0.3) is 0 Å². The number of ether oxygens (including phenoxy) is 1. The Bertz CT molecular complexity index is 1370. The molecule has 220 valence electrons. The van der Waals surface area contributed by atoms with Gasteiger partial charge in [-0.3, -0.25) is 9.59 Å². The number of nitrogens with two attached hydrogens (primary N) is 2. The van der Waals surface area contributed by atoms with E-state index in [1.54, 1.807) is 36.4 Å². The summed E-state index contributed by atoms with van der Waals surface area (Å²) in [4.78, 5) is 59.9. The van der Waals surface area contributed by atoms with Gasteiger partial charge in [0.15, 0.2) is 5.96 Å². The molecule has 1 amide bonds. The summed E-state index contributed by atoms with van der Waals surface area (Å²) >= 11 is 0. The number of hydrogen-bond acceptors (Lipinski definition) is 7. The number of carbonyl (C=O) groups excluding carboxylic acids is 2. The summed E-state index contributed by atoms with van der Waals surface area (Å²) in [6.45, 7) is 0. The number of carbonyl (C=O) groups is 5. The lowest BCUT2D eigenvalue weighted by Gasteiger charge is -2.19. The van der Waals surface area contributed by atoms with Gasteiger partial charge in [0.05, 0.1) is 17.7 Å². The number of aliphatic carboxylic acids is 3. The second-order valence-corrected chi connectivity index (χ2v) is 8.52. The number of fused-ring (bicyclic) bond motifs is 2. The summed E-state index contributed by atoms with van der Waals surface area (Å²) in [6, 6.07) is 8.59. The van der Waals surface area contributed by atoms with Crippen molar-refractivity contribution in [1.82, 2.24) is 5.32 Å². The first kappa shape index (κ1) is 32.1. The minimum atomic E-state index is -5.08. The van der Waals surface area contributed by atoms with Gasteiger partial charge in [-0.15, -0.1) is 0 Å². The minimum absolute atomic E-state index is 0.0704. The van der Waals surface area contributed by atoms with Crippen LogP contribution in [0.25, 0.3) is 0 Å². The van der Waals surface area contributed by atoms with Crippen LogP contribution in [-0.4, -0.2) is 63.3 Å². The largest absolute Gasteiger partial charge is 0.490 e. The summed E-state index contributed by atoms with van der Waals surface area (Å²) in [5.74, 6) is -6.36. The number of esters is 1. The molecule has 0 unspecified atom stereocenters. The van der Waals surface area contributed by atoms with E-state index in [0.717, 1.165) is 11.1 Å². The lowest BCUT2D eigenvalue weighted by molar-refractivity contribution is -0.192. The van der Waals surface area contributed by atoms with Crippen LogP contribution in [0.3, 0.4) is 0 Å². The molecule has 2 aromatic carbocycles. The van der Waals surface area contributed by atoms with Crippen LogP contribution in [-0.2, 0) is 38.4 Å². The summed E-state index contributed by atoms with van der Waals surface area (Å²) in [7, 11) is 0. The highest BCUT2D eigenvalue weighted by atomic mass is 19.4. The third-order valence-corrected chi connectivity index (χ3v) is 5.52. The van der Waals surface area contributed by atoms with Gasteiger partial charge in [-0.25, -0.2) is 19.4 Å². The normalized spacial score (nSPS) is 12.9. The van der Waals surface area contributed by atoms with Gasteiger partial charge in [0.2, 0.25) is 5.91 Å². The molecule has 3 rings (SSSR count). The molecule has 0 saturated heterocycles. The fourth-order valence-electron chi connectivity index (χ4n) is 3.73. The molecule has 41 heavy (non-hydrogen) atoms. The van der Waals surface area contributed by atoms with Crippen molar-refractivity contribution in [1.29, 1.82) is 0 Å². The quantitative estimate of drug-likeness (QED) is 0.113. The predicted octanol–water partition coefficient (Wildman–Crippen LogP) is 1.52. The van der Waals surface area contributed by atoms with Gasteiger partial charge >= 0.3 is 30.1 Å². The van der Waals surface area contributed by atoms with Crippen molar-refractivity contribution < 1.29 is 57.2 Å². The summed E-state index contributed by atoms with van der Waals surface area (Å²) in [6.07, 6.45) is -4.63. The Hall–Kier alpha value is -5.15. The van der Waals surface area contributed by atoms with Crippen LogP contribution < -0.4 is 21.5 Å². The van der Waals surface area contributed by atoms with Crippen molar-refractivity contribution >= 4 is 41.4 Å². The molecule has 1 heterocycles. The fraction of sp³-hybridized carbons (Fsp3) is 0.280. The second-order valence-electron chi connectivity index (χ2n) is 8.52. The molecule has 0 fully saturated rings. The average Bonchev–Trinajstić information content (AvgIpc) is 2.84. The van der Waals surface area contributed by atoms with E-state index in [0.29, 0.717) is 35.4 Å². The molecule has 0 spiro atoms. The number of carboxylic acid groups (broad SMARTS) is 3. The number of alkyl halides is 3. The van der Waals surface area contributed by atoms with Crippen LogP contribution in [0.4, 0.5) is 18.9 Å². The lowest BCUT2D eigenvalue weighted by Crippen LogP contribution is -2.42. The van der Waals surface area contributed by atoms with E-state index >= 15 is 0 Å². The summed E-state index contributed by atoms with van der Waals surface area (Å²) < 4.78 is 37.3. The van der Waals surface area contributed by atoms with Gasteiger partial charge < -0.3 is 36.8 Å². The Morgan fingerprint density at radius 1 is 1.05 bits per heavy atom. The minimum Gasteiger partial charge on any atom is -0.481 e. The number of guanidine groups is 1.